The van der Waals surface area contributed by atoms with Gasteiger partial charge in [0.25, 0.3) is 11.6 Å². The predicted molar refractivity (Wildman–Crippen MR) is 106 cm³/mol. The maximum atomic E-state index is 12.3. The van der Waals surface area contributed by atoms with Crippen molar-refractivity contribution in [2.24, 2.45) is 0 Å². The van der Waals surface area contributed by atoms with E-state index in [0.29, 0.717) is 11.3 Å². The van der Waals surface area contributed by atoms with Gasteiger partial charge >= 0.3 is 0 Å². The summed E-state index contributed by atoms with van der Waals surface area (Å²) in [5.41, 5.74) is 1.29. The van der Waals surface area contributed by atoms with Crippen LogP contribution in [0.1, 0.15) is 15.9 Å². The molecule has 0 aliphatic heterocycles. The van der Waals surface area contributed by atoms with Crippen molar-refractivity contribution in [2.45, 2.75) is 11.0 Å². The monoisotopic (exact) mass is 398 g/mol. The summed E-state index contributed by atoms with van der Waals surface area (Å²) in [6.07, 6.45) is 0. The van der Waals surface area contributed by atoms with Crippen molar-refractivity contribution in [3.05, 3.63) is 75.8 Å². The van der Waals surface area contributed by atoms with Gasteiger partial charge in [-0.05, 0) is 17.7 Å². The van der Waals surface area contributed by atoms with E-state index in [4.69, 9.17) is 5.26 Å². The molecule has 2 N–H and O–H groups in total. The summed E-state index contributed by atoms with van der Waals surface area (Å²) in [6.45, 7) is -0.0390. The van der Waals surface area contributed by atoms with Crippen LogP contribution in [0.2, 0.25) is 0 Å². The second-order valence-electron chi connectivity index (χ2n) is 5.68. The van der Waals surface area contributed by atoms with E-state index in [2.05, 4.69) is 10.6 Å². The summed E-state index contributed by atoms with van der Waals surface area (Å²) >= 11 is 1.28. The molecule has 2 amide bonds. The first-order chi connectivity index (χ1) is 13.5. The van der Waals surface area contributed by atoms with Crippen LogP contribution >= 0.6 is 11.8 Å². The lowest BCUT2D eigenvalue weighted by atomic mass is 10.2. The molecule has 0 saturated heterocycles. The molecule has 9 heteroatoms. The number of nitro benzene ring substituents is 1. The Morgan fingerprint density at radius 2 is 1.79 bits per heavy atom. The van der Waals surface area contributed by atoms with Crippen LogP contribution in [0.15, 0.2) is 54.6 Å². The zero-order valence-electron chi connectivity index (χ0n) is 14.8. The summed E-state index contributed by atoms with van der Waals surface area (Å²) in [5, 5.41) is 24.0. The van der Waals surface area contributed by atoms with Crippen LogP contribution in [-0.4, -0.2) is 35.1 Å². The van der Waals surface area contributed by atoms with E-state index in [0.717, 1.165) is 5.56 Å². The van der Waals surface area contributed by atoms with Crippen LogP contribution in [0.3, 0.4) is 0 Å². The summed E-state index contributed by atoms with van der Waals surface area (Å²) in [6, 6.07) is 16.5. The van der Waals surface area contributed by atoms with Gasteiger partial charge in [0.2, 0.25) is 5.91 Å². The molecule has 144 valence electrons. The Balaban J connectivity index is 1.98. The Morgan fingerprint density at radius 3 is 2.39 bits per heavy atom. The molecule has 0 aliphatic carbocycles. The van der Waals surface area contributed by atoms with Gasteiger partial charge in [-0.1, -0.05) is 30.3 Å². The quantitative estimate of drug-likeness (QED) is 0.379. The van der Waals surface area contributed by atoms with Crippen LogP contribution in [0.25, 0.3) is 0 Å². The zero-order chi connectivity index (χ0) is 20.4. The Morgan fingerprint density at radius 1 is 1.11 bits per heavy atom. The smallest absolute Gasteiger partial charge is 0.269 e. The highest BCUT2D eigenvalue weighted by Crippen LogP contribution is 2.20. The van der Waals surface area contributed by atoms with E-state index in [1.807, 2.05) is 6.07 Å². The second kappa shape index (κ2) is 10.7. The maximum Gasteiger partial charge on any atom is 0.269 e. The number of hydrogen-bond acceptors (Lipinski definition) is 6. The second-order valence-corrected chi connectivity index (χ2v) is 6.87. The van der Waals surface area contributed by atoms with E-state index < -0.39 is 10.2 Å². The highest BCUT2D eigenvalue weighted by molar-refractivity contribution is 7.99. The third-order valence-corrected chi connectivity index (χ3v) is 5.00. The summed E-state index contributed by atoms with van der Waals surface area (Å²) in [4.78, 5) is 34.7. The van der Waals surface area contributed by atoms with Gasteiger partial charge in [-0.15, -0.1) is 11.8 Å². The van der Waals surface area contributed by atoms with Crippen LogP contribution < -0.4 is 10.6 Å². The SMILES string of the molecule is N#CCNC(=O)C(CNC(=O)c1ccccc1)SCc1ccc([N+](=O)[O-])cc1. The summed E-state index contributed by atoms with van der Waals surface area (Å²) in [7, 11) is 0. The van der Waals surface area contributed by atoms with Gasteiger partial charge in [0.1, 0.15) is 11.8 Å². The lowest BCUT2D eigenvalue weighted by molar-refractivity contribution is -0.384. The van der Waals surface area contributed by atoms with Gasteiger partial charge in [0.05, 0.1) is 11.0 Å². The van der Waals surface area contributed by atoms with Gasteiger partial charge in [-0.25, -0.2) is 0 Å². The molecule has 1 unspecified atom stereocenters. The minimum atomic E-state index is -0.615. The van der Waals surface area contributed by atoms with Crippen LogP contribution in [-0.2, 0) is 10.5 Å². The van der Waals surface area contributed by atoms with Crippen molar-refractivity contribution in [3.63, 3.8) is 0 Å². The minimum absolute atomic E-state index is 0.00723. The first-order valence-corrected chi connectivity index (χ1v) is 9.39. The van der Waals surface area contributed by atoms with Gasteiger partial charge in [-0.3, -0.25) is 19.7 Å². The molecular weight excluding hydrogens is 380 g/mol. The average molecular weight is 398 g/mol. The van der Waals surface area contributed by atoms with Crippen molar-refractivity contribution in [2.75, 3.05) is 13.1 Å². The molecule has 8 nitrogen and oxygen atoms in total. The van der Waals surface area contributed by atoms with Crippen molar-refractivity contribution >= 4 is 29.3 Å². The number of carbonyl (C=O) groups is 2. The Bertz CT molecular complexity index is 866. The first kappa shape index (κ1) is 20.9. The summed E-state index contributed by atoms with van der Waals surface area (Å²) in [5.74, 6) is -0.236. The van der Waals surface area contributed by atoms with Gasteiger partial charge in [-0.2, -0.15) is 5.26 Å². The molecule has 2 aromatic carbocycles. The van der Waals surface area contributed by atoms with E-state index in [9.17, 15) is 19.7 Å². The molecule has 28 heavy (non-hydrogen) atoms. The standard InChI is InChI=1S/C19H18N4O4S/c20-10-11-21-19(25)17(12-22-18(24)15-4-2-1-3-5-15)28-13-14-6-8-16(9-7-14)23(26)27/h1-9,17H,11-13H2,(H,21,25)(H,22,24). The number of thioether (sulfide) groups is 1. The Kier molecular flexibility index (Phi) is 7.99. The van der Waals surface area contributed by atoms with E-state index in [1.165, 1.54) is 23.9 Å². The van der Waals surface area contributed by atoms with Crippen molar-refractivity contribution in [3.8, 4) is 6.07 Å². The fourth-order valence-electron chi connectivity index (χ4n) is 2.26. The van der Waals surface area contributed by atoms with Gasteiger partial charge < -0.3 is 10.6 Å². The van der Waals surface area contributed by atoms with Crippen LogP contribution in [0.4, 0.5) is 5.69 Å². The molecule has 2 rings (SSSR count). The molecule has 0 heterocycles. The number of nitrogens with one attached hydrogen (secondary N) is 2. The third-order valence-electron chi connectivity index (χ3n) is 3.72. The number of nitro groups is 1. The minimum Gasteiger partial charge on any atom is -0.350 e. The van der Waals surface area contributed by atoms with E-state index in [-0.39, 0.29) is 30.6 Å². The number of hydrogen-bond donors (Lipinski definition) is 2. The van der Waals surface area contributed by atoms with Crippen molar-refractivity contribution in [1.82, 2.24) is 10.6 Å². The van der Waals surface area contributed by atoms with Gasteiger partial charge in [0, 0.05) is 30.0 Å². The molecule has 0 fully saturated rings. The Hall–Kier alpha value is -3.38. The van der Waals surface area contributed by atoms with Crippen LogP contribution in [0.5, 0.6) is 0 Å². The molecular formula is C19H18N4O4S. The molecule has 0 saturated carbocycles. The van der Waals surface area contributed by atoms with Crippen molar-refractivity contribution in [1.29, 1.82) is 5.26 Å². The number of amides is 2. The predicted octanol–water partition coefficient (Wildman–Crippen LogP) is 2.27. The highest BCUT2D eigenvalue weighted by Gasteiger charge is 2.20. The largest absolute Gasteiger partial charge is 0.350 e. The Labute approximate surface area is 166 Å². The van der Waals surface area contributed by atoms with Crippen LogP contribution in [0, 0.1) is 21.4 Å². The lowest BCUT2D eigenvalue weighted by Gasteiger charge is -2.16. The third kappa shape index (κ3) is 6.41. The lowest BCUT2D eigenvalue weighted by Crippen LogP contribution is -2.41. The molecule has 1 atom stereocenters. The molecule has 0 radical (unpaired) electrons. The molecule has 0 bridgehead atoms. The van der Waals surface area contributed by atoms with Gasteiger partial charge in [0.15, 0.2) is 0 Å². The summed E-state index contributed by atoms with van der Waals surface area (Å²) < 4.78 is 0. The van der Waals surface area contributed by atoms with E-state index >= 15 is 0 Å². The number of nitrogens with zero attached hydrogens (tertiary/aromatic N) is 2. The molecule has 0 aromatic heterocycles. The normalized spacial score (nSPS) is 11.1. The first-order valence-electron chi connectivity index (χ1n) is 8.34. The average Bonchev–Trinajstić information content (AvgIpc) is 2.72. The molecule has 0 spiro atoms. The van der Waals surface area contributed by atoms with Crippen molar-refractivity contribution < 1.29 is 14.5 Å². The topological polar surface area (TPSA) is 125 Å². The number of rotatable bonds is 9. The maximum absolute atomic E-state index is 12.3. The molecule has 2 aromatic rings. The fourth-order valence-corrected chi connectivity index (χ4v) is 3.28. The number of non-ortho nitro benzene ring substituents is 1. The number of benzene rings is 2. The molecule has 0 aliphatic rings. The zero-order valence-corrected chi connectivity index (χ0v) is 15.6. The van der Waals surface area contributed by atoms with E-state index in [1.54, 1.807) is 42.5 Å². The fraction of sp³-hybridized carbons (Fsp3) is 0.211. The highest BCUT2D eigenvalue weighted by atomic mass is 32.2. The number of nitriles is 1. The number of carbonyl (C=O) groups excluding carboxylic acids is 2.